The molecule has 2 aliphatic rings. The molecule has 2 atom stereocenters. The van der Waals surface area contributed by atoms with Crippen molar-refractivity contribution in [3.63, 3.8) is 0 Å². The van der Waals surface area contributed by atoms with Crippen LogP contribution in [0, 0.1) is 0 Å². The molecule has 0 spiro atoms. The molecule has 2 aliphatic heterocycles. The largest absolute Gasteiger partial charge is 0.480 e. The number of hydrogen-bond acceptors (Lipinski definition) is 5. The molecule has 0 radical (unpaired) electrons. The zero-order valence-electron chi connectivity index (χ0n) is 12.4. The van der Waals surface area contributed by atoms with E-state index < -0.39 is 12.0 Å². The van der Waals surface area contributed by atoms with Gasteiger partial charge in [0.05, 0.1) is 11.5 Å². The highest BCUT2D eigenvalue weighted by molar-refractivity contribution is 8.00. The van der Waals surface area contributed by atoms with Gasteiger partial charge in [0.1, 0.15) is 12.6 Å². The van der Waals surface area contributed by atoms with Crippen LogP contribution in [0.3, 0.4) is 0 Å². The summed E-state index contributed by atoms with van der Waals surface area (Å²) in [5.74, 6) is -0.639. The lowest BCUT2D eigenvalue weighted by molar-refractivity contribution is -0.152. The van der Waals surface area contributed by atoms with Crippen molar-refractivity contribution in [2.45, 2.75) is 50.1 Å². The Morgan fingerprint density at radius 3 is 2.71 bits per heavy atom. The maximum atomic E-state index is 12.4. The number of piperidine rings is 1. The van der Waals surface area contributed by atoms with Gasteiger partial charge in [0.2, 0.25) is 5.91 Å². The van der Waals surface area contributed by atoms with Crippen molar-refractivity contribution in [3.05, 3.63) is 0 Å². The number of amides is 1. The SMILES string of the molecule is CCCC1SCC(C(=O)O)N1C(=O)COC1CCNCC1. The molecule has 0 bridgehead atoms. The molecular weight excluding hydrogens is 292 g/mol. The Morgan fingerprint density at radius 2 is 2.10 bits per heavy atom. The van der Waals surface area contributed by atoms with E-state index in [1.807, 2.05) is 6.92 Å². The van der Waals surface area contributed by atoms with E-state index in [1.165, 1.54) is 4.90 Å². The number of carboxylic acids is 1. The van der Waals surface area contributed by atoms with Crippen molar-refractivity contribution in [3.8, 4) is 0 Å². The first-order chi connectivity index (χ1) is 10.1. The van der Waals surface area contributed by atoms with Gasteiger partial charge in [0.15, 0.2) is 0 Å². The zero-order valence-corrected chi connectivity index (χ0v) is 13.2. The summed E-state index contributed by atoms with van der Waals surface area (Å²) in [6.45, 7) is 3.86. The molecule has 7 heteroatoms. The minimum Gasteiger partial charge on any atom is -0.480 e. The van der Waals surface area contributed by atoms with Gasteiger partial charge in [-0.1, -0.05) is 13.3 Å². The third kappa shape index (κ3) is 4.34. The van der Waals surface area contributed by atoms with Crippen molar-refractivity contribution in [1.82, 2.24) is 10.2 Å². The van der Waals surface area contributed by atoms with Gasteiger partial charge in [0.25, 0.3) is 0 Å². The van der Waals surface area contributed by atoms with Crippen molar-refractivity contribution < 1.29 is 19.4 Å². The summed E-state index contributed by atoms with van der Waals surface area (Å²) in [7, 11) is 0. The first-order valence-corrected chi connectivity index (χ1v) is 8.66. The molecule has 0 aliphatic carbocycles. The van der Waals surface area contributed by atoms with Crippen molar-refractivity contribution >= 4 is 23.6 Å². The summed E-state index contributed by atoms with van der Waals surface area (Å²) in [4.78, 5) is 25.2. The molecular formula is C14H24N2O4S. The number of rotatable bonds is 6. The molecule has 0 aromatic carbocycles. The number of aliphatic carboxylic acids is 1. The van der Waals surface area contributed by atoms with E-state index in [0.717, 1.165) is 38.8 Å². The summed E-state index contributed by atoms with van der Waals surface area (Å²) >= 11 is 1.56. The number of carbonyl (C=O) groups is 2. The molecule has 2 unspecified atom stereocenters. The normalized spacial score (nSPS) is 27.0. The topological polar surface area (TPSA) is 78.9 Å². The number of thioether (sulfide) groups is 1. The van der Waals surface area contributed by atoms with E-state index in [2.05, 4.69) is 5.32 Å². The molecule has 1 amide bonds. The van der Waals surface area contributed by atoms with E-state index in [1.54, 1.807) is 11.8 Å². The highest BCUT2D eigenvalue weighted by Crippen LogP contribution is 2.32. The van der Waals surface area contributed by atoms with Crippen LogP contribution in [-0.2, 0) is 14.3 Å². The average molecular weight is 316 g/mol. The van der Waals surface area contributed by atoms with Crippen LogP contribution >= 0.6 is 11.8 Å². The standard InChI is InChI=1S/C14H24N2O4S/c1-2-3-13-16(11(9-21-13)14(18)19)12(17)8-20-10-4-6-15-7-5-10/h10-11,13,15H,2-9H2,1H3,(H,18,19). The molecule has 2 N–H and O–H groups in total. The molecule has 2 rings (SSSR count). The number of hydrogen-bond donors (Lipinski definition) is 2. The second kappa shape index (κ2) is 8.00. The maximum Gasteiger partial charge on any atom is 0.327 e. The second-order valence-electron chi connectivity index (χ2n) is 5.49. The summed E-state index contributed by atoms with van der Waals surface area (Å²) in [6.07, 6.45) is 3.68. The summed E-state index contributed by atoms with van der Waals surface area (Å²) in [6, 6.07) is -0.712. The minimum atomic E-state index is -0.920. The summed E-state index contributed by atoms with van der Waals surface area (Å²) < 4.78 is 5.68. The maximum absolute atomic E-state index is 12.4. The fraction of sp³-hybridized carbons (Fsp3) is 0.857. The minimum absolute atomic E-state index is 0.00474. The van der Waals surface area contributed by atoms with E-state index in [9.17, 15) is 14.7 Å². The number of carbonyl (C=O) groups excluding carboxylic acids is 1. The number of ether oxygens (including phenoxy) is 1. The Bertz CT molecular complexity index is 374. The van der Waals surface area contributed by atoms with E-state index in [0.29, 0.717) is 5.75 Å². The molecule has 2 saturated heterocycles. The third-order valence-corrected chi connectivity index (χ3v) is 5.29. The lowest BCUT2D eigenvalue weighted by Crippen LogP contribution is -2.47. The van der Waals surface area contributed by atoms with Crippen LogP contribution < -0.4 is 5.32 Å². The van der Waals surface area contributed by atoms with Gasteiger partial charge < -0.3 is 20.1 Å². The Labute approximate surface area is 129 Å². The van der Waals surface area contributed by atoms with Crippen LogP contribution in [0.5, 0.6) is 0 Å². The Balaban J connectivity index is 1.91. The van der Waals surface area contributed by atoms with Crippen molar-refractivity contribution in [2.24, 2.45) is 0 Å². The first-order valence-electron chi connectivity index (χ1n) is 7.61. The van der Waals surface area contributed by atoms with Gasteiger partial charge in [-0.15, -0.1) is 11.8 Å². The molecule has 6 nitrogen and oxygen atoms in total. The molecule has 0 aromatic rings. The van der Waals surface area contributed by atoms with Gasteiger partial charge in [-0.2, -0.15) is 0 Å². The van der Waals surface area contributed by atoms with Crippen LogP contribution in [0.15, 0.2) is 0 Å². The number of nitrogens with one attached hydrogen (secondary N) is 1. The summed E-state index contributed by atoms with van der Waals surface area (Å²) in [5.41, 5.74) is 0. The van der Waals surface area contributed by atoms with Crippen LogP contribution in [0.2, 0.25) is 0 Å². The van der Waals surface area contributed by atoms with Gasteiger partial charge in [-0.3, -0.25) is 4.79 Å². The fourth-order valence-electron chi connectivity index (χ4n) is 2.78. The monoisotopic (exact) mass is 316 g/mol. The van der Waals surface area contributed by atoms with E-state index >= 15 is 0 Å². The average Bonchev–Trinajstić information content (AvgIpc) is 2.90. The highest BCUT2D eigenvalue weighted by Gasteiger charge is 2.41. The van der Waals surface area contributed by atoms with Gasteiger partial charge in [0, 0.05) is 5.75 Å². The van der Waals surface area contributed by atoms with Gasteiger partial charge >= 0.3 is 5.97 Å². The summed E-state index contributed by atoms with van der Waals surface area (Å²) in [5, 5.41) is 12.5. The van der Waals surface area contributed by atoms with Crippen LogP contribution in [0.25, 0.3) is 0 Å². The third-order valence-electron chi connectivity index (χ3n) is 3.93. The van der Waals surface area contributed by atoms with Crippen LogP contribution in [0.1, 0.15) is 32.6 Å². The fourth-order valence-corrected chi connectivity index (χ4v) is 4.32. The molecule has 21 heavy (non-hydrogen) atoms. The molecule has 2 fully saturated rings. The molecule has 0 saturated carbocycles. The predicted octanol–water partition coefficient (Wildman–Crippen LogP) is 0.910. The van der Waals surface area contributed by atoms with E-state index in [-0.39, 0.29) is 24.0 Å². The van der Waals surface area contributed by atoms with Gasteiger partial charge in [-0.05, 0) is 32.4 Å². The second-order valence-corrected chi connectivity index (χ2v) is 6.70. The Morgan fingerprint density at radius 1 is 1.38 bits per heavy atom. The molecule has 2 heterocycles. The zero-order chi connectivity index (χ0) is 15.2. The molecule has 120 valence electrons. The van der Waals surface area contributed by atoms with E-state index in [4.69, 9.17) is 4.74 Å². The van der Waals surface area contributed by atoms with Gasteiger partial charge in [-0.25, -0.2) is 4.79 Å². The predicted molar refractivity (Wildman–Crippen MR) is 81.3 cm³/mol. The molecule has 0 aromatic heterocycles. The van der Waals surface area contributed by atoms with Crippen molar-refractivity contribution in [1.29, 1.82) is 0 Å². The highest BCUT2D eigenvalue weighted by atomic mass is 32.2. The Kier molecular flexibility index (Phi) is 6.32. The lowest BCUT2D eigenvalue weighted by Gasteiger charge is -2.29. The smallest absolute Gasteiger partial charge is 0.327 e. The lowest BCUT2D eigenvalue weighted by atomic mass is 10.1. The van der Waals surface area contributed by atoms with Crippen molar-refractivity contribution in [2.75, 3.05) is 25.4 Å². The van der Waals surface area contributed by atoms with Crippen LogP contribution in [0.4, 0.5) is 0 Å². The quantitative estimate of drug-likeness (QED) is 0.758. The van der Waals surface area contributed by atoms with Crippen LogP contribution in [-0.4, -0.2) is 64.9 Å². The Hall–Kier alpha value is -0.790. The number of carboxylic acid groups (broad SMARTS) is 1. The number of nitrogens with zero attached hydrogens (tertiary/aromatic N) is 1. The first kappa shape index (κ1) is 16.6.